The van der Waals surface area contributed by atoms with Gasteiger partial charge in [-0.25, -0.2) is 4.98 Å². The second kappa shape index (κ2) is 10.8. The quantitative estimate of drug-likeness (QED) is 0.354. The molecule has 2 aromatic rings. The minimum atomic E-state index is 0. The van der Waals surface area contributed by atoms with Crippen LogP contribution in [0.3, 0.4) is 0 Å². The Morgan fingerprint density at radius 1 is 1.18 bits per heavy atom. The van der Waals surface area contributed by atoms with Crippen LogP contribution in [0, 0.1) is 5.92 Å². The average molecular weight is 495 g/mol. The molecule has 0 saturated heterocycles. The van der Waals surface area contributed by atoms with E-state index < -0.39 is 0 Å². The van der Waals surface area contributed by atoms with Crippen molar-refractivity contribution in [3.8, 4) is 0 Å². The van der Waals surface area contributed by atoms with Gasteiger partial charge in [0.1, 0.15) is 5.82 Å². The molecule has 0 aliphatic heterocycles. The van der Waals surface area contributed by atoms with Gasteiger partial charge in [-0.1, -0.05) is 32.0 Å². The minimum absolute atomic E-state index is 0. The number of aryl methyl sites for hydroxylation is 2. The molecule has 0 amide bonds. The molecule has 0 spiro atoms. The van der Waals surface area contributed by atoms with Crippen LogP contribution < -0.4 is 10.6 Å². The number of halogens is 1. The Hall–Kier alpha value is -1.57. The van der Waals surface area contributed by atoms with E-state index in [1.54, 1.807) is 0 Å². The summed E-state index contributed by atoms with van der Waals surface area (Å²) in [7, 11) is 1.81. The molecule has 1 heterocycles. The lowest BCUT2D eigenvalue weighted by Crippen LogP contribution is -2.38. The van der Waals surface area contributed by atoms with E-state index in [0.29, 0.717) is 12.5 Å². The summed E-state index contributed by atoms with van der Waals surface area (Å²) in [5.74, 6) is 2.44. The van der Waals surface area contributed by atoms with Crippen LogP contribution in [0.25, 0.3) is 0 Å². The molecule has 1 atom stereocenters. The van der Waals surface area contributed by atoms with Gasteiger partial charge in [0.25, 0.3) is 0 Å². The van der Waals surface area contributed by atoms with Crippen molar-refractivity contribution in [1.82, 2.24) is 20.2 Å². The average Bonchev–Trinajstić information content (AvgIpc) is 3.10. The molecule has 1 unspecified atom stereocenters. The summed E-state index contributed by atoms with van der Waals surface area (Å²) in [5.41, 5.74) is 4.36. The molecule has 0 radical (unpaired) electrons. The van der Waals surface area contributed by atoms with Crippen molar-refractivity contribution >= 4 is 29.9 Å². The third kappa shape index (κ3) is 5.96. The van der Waals surface area contributed by atoms with Crippen molar-refractivity contribution in [2.45, 2.75) is 65.6 Å². The molecule has 1 aromatic carbocycles. The molecule has 2 N–H and O–H groups in total. The van der Waals surface area contributed by atoms with Crippen molar-refractivity contribution < 1.29 is 0 Å². The molecule has 28 heavy (non-hydrogen) atoms. The lowest BCUT2D eigenvalue weighted by atomic mass is 9.89. The number of benzene rings is 1. The van der Waals surface area contributed by atoms with Crippen LogP contribution in [0.15, 0.2) is 35.6 Å². The number of fused-ring (bicyclic) bond motifs is 1. The summed E-state index contributed by atoms with van der Waals surface area (Å²) in [6.07, 6.45) is 8.98. The fraction of sp³-hybridized carbons (Fsp3) is 0.545. The van der Waals surface area contributed by atoms with E-state index in [1.807, 2.05) is 19.4 Å². The molecule has 154 valence electrons. The Morgan fingerprint density at radius 2 is 1.93 bits per heavy atom. The first-order valence-corrected chi connectivity index (χ1v) is 10.2. The Bertz CT molecular complexity index is 781. The van der Waals surface area contributed by atoms with Crippen LogP contribution in [0.4, 0.5) is 0 Å². The molecule has 0 bridgehead atoms. The van der Waals surface area contributed by atoms with Crippen LogP contribution in [0.1, 0.15) is 62.2 Å². The Labute approximate surface area is 186 Å². The number of nitrogens with one attached hydrogen (secondary N) is 2. The SMILES string of the molecule is CN=C(NCc1nccn1CC(C)C)NC(C)c1ccc2c(c1)CCCC2.I. The van der Waals surface area contributed by atoms with Gasteiger partial charge in [-0.3, -0.25) is 4.99 Å². The van der Waals surface area contributed by atoms with Gasteiger partial charge in [-0.2, -0.15) is 0 Å². The van der Waals surface area contributed by atoms with Crippen molar-refractivity contribution in [2.75, 3.05) is 7.05 Å². The maximum Gasteiger partial charge on any atom is 0.191 e. The maximum atomic E-state index is 4.48. The molecule has 1 aromatic heterocycles. The highest BCUT2D eigenvalue weighted by atomic mass is 127. The molecule has 0 saturated carbocycles. The molecular weight excluding hydrogens is 461 g/mol. The molecule has 1 aliphatic rings. The summed E-state index contributed by atoms with van der Waals surface area (Å²) in [4.78, 5) is 8.87. The highest BCUT2D eigenvalue weighted by Gasteiger charge is 2.14. The second-order valence-corrected chi connectivity index (χ2v) is 7.92. The molecule has 0 fully saturated rings. The highest BCUT2D eigenvalue weighted by molar-refractivity contribution is 14.0. The smallest absolute Gasteiger partial charge is 0.191 e. The number of rotatable bonds is 6. The zero-order valence-corrected chi connectivity index (χ0v) is 19.9. The summed E-state index contributed by atoms with van der Waals surface area (Å²) >= 11 is 0. The van der Waals surface area contributed by atoms with Crippen molar-refractivity contribution in [1.29, 1.82) is 0 Å². The predicted octanol–water partition coefficient (Wildman–Crippen LogP) is 4.46. The molecule has 3 rings (SSSR count). The van der Waals surface area contributed by atoms with Gasteiger partial charge in [-0.15, -0.1) is 24.0 Å². The number of guanidine groups is 1. The van der Waals surface area contributed by atoms with E-state index in [0.717, 1.165) is 18.3 Å². The molecule has 1 aliphatic carbocycles. The second-order valence-electron chi connectivity index (χ2n) is 7.92. The largest absolute Gasteiger partial charge is 0.350 e. The van der Waals surface area contributed by atoms with E-state index in [-0.39, 0.29) is 30.0 Å². The van der Waals surface area contributed by atoms with Crippen molar-refractivity contribution in [2.24, 2.45) is 10.9 Å². The first-order chi connectivity index (χ1) is 13.1. The van der Waals surface area contributed by atoms with Gasteiger partial charge in [-0.05, 0) is 55.2 Å². The van der Waals surface area contributed by atoms with Crippen LogP contribution in [-0.2, 0) is 25.9 Å². The van der Waals surface area contributed by atoms with Crippen LogP contribution in [0.2, 0.25) is 0 Å². The van der Waals surface area contributed by atoms with E-state index in [1.165, 1.54) is 42.4 Å². The van der Waals surface area contributed by atoms with Gasteiger partial charge in [0.2, 0.25) is 0 Å². The fourth-order valence-corrected chi connectivity index (χ4v) is 3.74. The summed E-state index contributed by atoms with van der Waals surface area (Å²) in [5, 5.41) is 6.92. The van der Waals surface area contributed by atoms with Gasteiger partial charge in [0.05, 0.1) is 12.6 Å². The van der Waals surface area contributed by atoms with Crippen molar-refractivity contribution in [3.63, 3.8) is 0 Å². The van der Waals surface area contributed by atoms with Crippen LogP contribution in [-0.4, -0.2) is 22.6 Å². The summed E-state index contributed by atoms with van der Waals surface area (Å²) in [6, 6.07) is 7.14. The van der Waals surface area contributed by atoms with E-state index in [2.05, 4.69) is 64.1 Å². The third-order valence-electron chi connectivity index (χ3n) is 5.23. The highest BCUT2D eigenvalue weighted by Crippen LogP contribution is 2.24. The first-order valence-electron chi connectivity index (χ1n) is 10.2. The normalized spacial score (nSPS) is 15.0. The van der Waals surface area contributed by atoms with Crippen LogP contribution >= 0.6 is 24.0 Å². The molecule has 5 nitrogen and oxygen atoms in total. The third-order valence-corrected chi connectivity index (χ3v) is 5.23. The number of aromatic nitrogens is 2. The number of hydrogen-bond acceptors (Lipinski definition) is 2. The molecule has 6 heteroatoms. The van der Waals surface area contributed by atoms with Gasteiger partial charge in [0, 0.05) is 26.0 Å². The maximum absolute atomic E-state index is 4.48. The summed E-state index contributed by atoms with van der Waals surface area (Å²) in [6.45, 7) is 8.28. The first kappa shape index (κ1) is 22.7. The zero-order chi connectivity index (χ0) is 19.2. The van der Waals surface area contributed by atoms with E-state index in [4.69, 9.17) is 0 Å². The minimum Gasteiger partial charge on any atom is -0.350 e. The Balaban J connectivity index is 0.00000280. The Kier molecular flexibility index (Phi) is 8.79. The standard InChI is InChI=1S/C22H33N5.HI/c1-16(2)15-27-12-11-24-21(27)14-25-22(23-4)26-17(3)19-10-9-18-7-5-6-8-20(18)13-19;/h9-13,16-17H,5-8,14-15H2,1-4H3,(H2,23,25,26);1H. The Morgan fingerprint density at radius 3 is 2.64 bits per heavy atom. The van der Waals surface area contributed by atoms with Gasteiger partial charge < -0.3 is 15.2 Å². The summed E-state index contributed by atoms with van der Waals surface area (Å²) < 4.78 is 2.21. The topological polar surface area (TPSA) is 54.2 Å². The predicted molar refractivity (Wildman–Crippen MR) is 127 cm³/mol. The number of hydrogen-bond donors (Lipinski definition) is 2. The number of imidazole rings is 1. The van der Waals surface area contributed by atoms with Crippen LogP contribution in [0.5, 0.6) is 0 Å². The number of aliphatic imine (C=N–C) groups is 1. The number of nitrogens with zero attached hydrogens (tertiary/aromatic N) is 3. The van der Waals surface area contributed by atoms with Crippen molar-refractivity contribution in [3.05, 3.63) is 53.1 Å². The van der Waals surface area contributed by atoms with E-state index >= 15 is 0 Å². The monoisotopic (exact) mass is 495 g/mol. The van der Waals surface area contributed by atoms with E-state index in [9.17, 15) is 0 Å². The lowest BCUT2D eigenvalue weighted by Gasteiger charge is -2.22. The van der Waals surface area contributed by atoms with Gasteiger partial charge >= 0.3 is 0 Å². The van der Waals surface area contributed by atoms with Gasteiger partial charge in [0.15, 0.2) is 5.96 Å². The molecular formula is C22H34IN5. The lowest BCUT2D eigenvalue weighted by molar-refractivity contribution is 0.503. The fourth-order valence-electron chi connectivity index (χ4n) is 3.74. The zero-order valence-electron chi connectivity index (χ0n) is 17.5.